The fourth-order valence-corrected chi connectivity index (χ4v) is 4.64. The van der Waals surface area contributed by atoms with Crippen molar-refractivity contribution in [2.75, 3.05) is 20.2 Å². The van der Waals surface area contributed by atoms with Crippen molar-refractivity contribution in [1.82, 2.24) is 14.5 Å². The van der Waals surface area contributed by atoms with Gasteiger partial charge in [-0.2, -0.15) is 0 Å². The summed E-state index contributed by atoms with van der Waals surface area (Å²) in [6, 6.07) is 23.5. The predicted molar refractivity (Wildman–Crippen MR) is 141 cm³/mol. The number of benzene rings is 3. The third-order valence-electron chi connectivity index (χ3n) is 6.52. The lowest BCUT2D eigenvalue weighted by Crippen LogP contribution is -2.21. The van der Waals surface area contributed by atoms with E-state index in [0.717, 1.165) is 34.5 Å². The number of hydrogen-bond donors (Lipinski definition) is 2. The Hall–Kier alpha value is -3.91. The van der Waals surface area contributed by atoms with Gasteiger partial charge in [0.1, 0.15) is 23.8 Å². The molecule has 5 rings (SSSR count). The summed E-state index contributed by atoms with van der Waals surface area (Å²) < 4.78 is 1.82. The Kier molecular flexibility index (Phi) is 6.86. The van der Waals surface area contributed by atoms with E-state index in [1.54, 1.807) is 12.5 Å². The van der Waals surface area contributed by atoms with E-state index in [2.05, 4.69) is 27.0 Å². The summed E-state index contributed by atoms with van der Waals surface area (Å²) in [5.41, 5.74) is 13.0. The third-order valence-corrected chi connectivity index (χ3v) is 6.52. The fraction of sp³-hybridized carbons (Fsp3) is 0.207. The van der Waals surface area contributed by atoms with Gasteiger partial charge >= 0.3 is 0 Å². The highest BCUT2D eigenvalue weighted by Gasteiger charge is 2.30. The molecule has 0 amide bonds. The van der Waals surface area contributed by atoms with Crippen LogP contribution in [0.15, 0.2) is 84.1 Å². The van der Waals surface area contributed by atoms with E-state index in [0.29, 0.717) is 24.5 Å². The molecule has 0 spiro atoms. The molecule has 2 heterocycles. The highest BCUT2D eigenvalue weighted by atomic mass is 16.3. The number of likely N-dealkylation sites (N-methyl/N-ethyl adjacent to an activating group) is 1. The molecule has 182 valence electrons. The van der Waals surface area contributed by atoms with Crippen LogP contribution < -0.4 is 5.73 Å². The lowest BCUT2D eigenvalue weighted by Gasteiger charge is -2.19. The topological polar surface area (TPSA) is 96.7 Å². The second-order valence-corrected chi connectivity index (χ2v) is 9.01. The predicted octanol–water partition coefficient (Wildman–Crippen LogP) is 3.78. The Labute approximate surface area is 210 Å². The van der Waals surface area contributed by atoms with Gasteiger partial charge in [0.15, 0.2) is 0 Å². The Balaban J connectivity index is 1.42. The number of fused-ring (bicyclic) bond motifs is 1. The SMILES string of the molecule is CN(CCO)Cc1ccccc1-c1ccc(C2N=Cc3ncn(-c4cccc(CN)c4)c3C2=O)cc1. The molecule has 1 unspecified atom stereocenters. The highest BCUT2D eigenvalue weighted by molar-refractivity contribution is 6.08. The van der Waals surface area contributed by atoms with Crippen LogP contribution in [0, 0.1) is 0 Å². The molecule has 1 aliphatic heterocycles. The van der Waals surface area contributed by atoms with Gasteiger partial charge in [0.05, 0.1) is 12.8 Å². The molecule has 3 N–H and O–H groups in total. The summed E-state index contributed by atoms with van der Waals surface area (Å²) in [5, 5.41) is 9.24. The van der Waals surface area contributed by atoms with Crippen LogP contribution in [-0.2, 0) is 13.1 Å². The molecule has 3 aromatic carbocycles. The number of Topliss-reactive ketones (excluding diaryl/α,β-unsaturated/α-hetero) is 1. The summed E-state index contributed by atoms with van der Waals surface area (Å²) in [6.45, 7) is 1.91. The Bertz CT molecular complexity index is 1410. The maximum absolute atomic E-state index is 13.6. The minimum absolute atomic E-state index is 0.0815. The third kappa shape index (κ3) is 4.64. The first kappa shape index (κ1) is 23.8. The van der Waals surface area contributed by atoms with Crippen LogP contribution in [0.4, 0.5) is 0 Å². The minimum atomic E-state index is -0.620. The molecule has 0 fully saturated rings. The van der Waals surface area contributed by atoms with E-state index < -0.39 is 6.04 Å². The summed E-state index contributed by atoms with van der Waals surface area (Å²) in [6.07, 6.45) is 3.35. The maximum atomic E-state index is 13.6. The van der Waals surface area contributed by atoms with Gasteiger partial charge < -0.3 is 10.8 Å². The van der Waals surface area contributed by atoms with Gasteiger partial charge in [0.25, 0.3) is 0 Å². The molecular formula is C29H29N5O2. The molecule has 0 bridgehead atoms. The number of carbonyl (C=O) groups is 1. The van der Waals surface area contributed by atoms with Crippen molar-refractivity contribution in [2.45, 2.75) is 19.1 Å². The van der Waals surface area contributed by atoms with Crippen LogP contribution in [0.5, 0.6) is 0 Å². The van der Waals surface area contributed by atoms with Crippen molar-refractivity contribution in [3.05, 3.63) is 107 Å². The van der Waals surface area contributed by atoms with Gasteiger partial charge in [-0.05, 0) is 47.0 Å². The molecule has 1 aliphatic rings. The summed E-state index contributed by atoms with van der Waals surface area (Å²) in [7, 11) is 1.99. The number of imidazole rings is 1. The molecular weight excluding hydrogens is 450 g/mol. The molecule has 7 heteroatoms. The smallest absolute Gasteiger partial charge is 0.210 e. The zero-order valence-corrected chi connectivity index (χ0v) is 20.2. The van der Waals surface area contributed by atoms with Gasteiger partial charge in [-0.25, -0.2) is 4.98 Å². The van der Waals surface area contributed by atoms with E-state index in [4.69, 9.17) is 5.73 Å². The number of carbonyl (C=O) groups excluding carboxylic acids is 1. The molecule has 1 atom stereocenters. The van der Waals surface area contributed by atoms with Crippen molar-refractivity contribution >= 4 is 12.0 Å². The van der Waals surface area contributed by atoms with Crippen LogP contribution in [0.25, 0.3) is 16.8 Å². The van der Waals surface area contributed by atoms with Gasteiger partial charge in [0.2, 0.25) is 5.78 Å². The number of aliphatic imine (C=N–C) groups is 1. The summed E-state index contributed by atoms with van der Waals surface area (Å²) in [4.78, 5) is 24.6. The zero-order chi connectivity index (χ0) is 25.1. The Morgan fingerprint density at radius 2 is 1.86 bits per heavy atom. The van der Waals surface area contributed by atoms with E-state index in [1.807, 2.05) is 72.3 Å². The number of rotatable bonds is 8. The largest absolute Gasteiger partial charge is 0.395 e. The maximum Gasteiger partial charge on any atom is 0.210 e. The first-order valence-electron chi connectivity index (χ1n) is 12.0. The average molecular weight is 480 g/mol. The van der Waals surface area contributed by atoms with Crippen LogP contribution >= 0.6 is 0 Å². The number of aromatic nitrogens is 2. The van der Waals surface area contributed by atoms with Crippen LogP contribution in [-0.4, -0.2) is 51.8 Å². The molecule has 7 nitrogen and oxygen atoms in total. The van der Waals surface area contributed by atoms with Gasteiger partial charge in [0, 0.05) is 25.3 Å². The number of hydrogen-bond acceptors (Lipinski definition) is 6. The standard InChI is InChI=1S/C29H29N5O2/c1-33(13-14-35)18-23-6-2-3-8-25(23)21-9-11-22(12-10-21)27-29(36)28-26(17-31-27)32-19-34(28)24-7-4-5-20(15-24)16-30/h2-12,15,17,19,27,35H,13-14,16,18,30H2,1H3. The van der Waals surface area contributed by atoms with Gasteiger partial charge in [-0.3, -0.25) is 19.3 Å². The van der Waals surface area contributed by atoms with Crippen LogP contribution in [0.1, 0.15) is 38.9 Å². The van der Waals surface area contributed by atoms with Gasteiger partial charge in [-0.1, -0.05) is 60.7 Å². The van der Waals surface area contributed by atoms with Crippen LogP contribution in [0.2, 0.25) is 0 Å². The molecule has 0 radical (unpaired) electrons. The normalized spacial score (nSPS) is 14.9. The van der Waals surface area contributed by atoms with E-state index in [-0.39, 0.29) is 12.4 Å². The molecule has 0 saturated heterocycles. The second-order valence-electron chi connectivity index (χ2n) is 9.01. The number of ketones is 1. The molecule has 1 aromatic heterocycles. The minimum Gasteiger partial charge on any atom is -0.395 e. The summed E-state index contributed by atoms with van der Waals surface area (Å²) in [5.74, 6) is -0.0815. The number of nitrogens with two attached hydrogens (primary N) is 1. The van der Waals surface area contributed by atoms with Crippen molar-refractivity contribution < 1.29 is 9.90 Å². The quantitative estimate of drug-likeness (QED) is 0.401. The van der Waals surface area contributed by atoms with E-state index >= 15 is 0 Å². The van der Waals surface area contributed by atoms with E-state index in [9.17, 15) is 9.90 Å². The monoisotopic (exact) mass is 479 g/mol. The van der Waals surface area contributed by atoms with Crippen molar-refractivity contribution in [1.29, 1.82) is 0 Å². The Morgan fingerprint density at radius 3 is 2.64 bits per heavy atom. The molecule has 0 aliphatic carbocycles. The lowest BCUT2D eigenvalue weighted by atomic mass is 9.94. The Morgan fingerprint density at radius 1 is 1.06 bits per heavy atom. The first-order valence-corrected chi connectivity index (χ1v) is 12.0. The van der Waals surface area contributed by atoms with Crippen molar-refractivity contribution in [3.63, 3.8) is 0 Å². The number of aliphatic hydroxyl groups is 1. The van der Waals surface area contributed by atoms with Crippen molar-refractivity contribution in [2.24, 2.45) is 10.7 Å². The highest BCUT2D eigenvalue weighted by Crippen LogP contribution is 2.31. The summed E-state index contributed by atoms with van der Waals surface area (Å²) >= 11 is 0. The fourth-order valence-electron chi connectivity index (χ4n) is 4.64. The molecule has 36 heavy (non-hydrogen) atoms. The van der Waals surface area contributed by atoms with Gasteiger partial charge in [-0.15, -0.1) is 0 Å². The van der Waals surface area contributed by atoms with Crippen molar-refractivity contribution in [3.8, 4) is 16.8 Å². The first-order chi connectivity index (χ1) is 17.6. The molecule has 0 saturated carbocycles. The number of nitrogens with zero attached hydrogens (tertiary/aromatic N) is 4. The van der Waals surface area contributed by atoms with E-state index in [1.165, 1.54) is 5.56 Å². The number of aliphatic hydroxyl groups excluding tert-OH is 1. The lowest BCUT2D eigenvalue weighted by molar-refractivity contribution is 0.0953. The second kappa shape index (κ2) is 10.4. The average Bonchev–Trinajstić information content (AvgIpc) is 3.35. The zero-order valence-electron chi connectivity index (χ0n) is 20.2. The van der Waals surface area contributed by atoms with Crippen LogP contribution in [0.3, 0.4) is 0 Å². The molecule has 4 aromatic rings.